The van der Waals surface area contributed by atoms with E-state index >= 15 is 0 Å². The smallest absolute Gasteiger partial charge is 0.0766 e. The van der Waals surface area contributed by atoms with Gasteiger partial charge in [0.15, 0.2) is 0 Å². The van der Waals surface area contributed by atoms with E-state index in [4.69, 9.17) is 0 Å². The predicted molar refractivity (Wildman–Crippen MR) is 133 cm³/mol. The first-order valence-corrected chi connectivity index (χ1v) is 13.3. The van der Waals surface area contributed by atoms with Crippen LogP contribution in [0.25, 0.3) is 0 Å². The molecule has 0 amide bonds. The van der Waals surface area contributed by atoms with Gasteiger partial charge in [0.05, 0.1) is 20.3 Å². The van der Waals surface area contributed by atoms with Crippen LogP contribution in [0.15, 0.2) is 21.3 Å². The van der Waals surface area contributed by atoms with Crippen molar-refractivity contribution in [3.05, 3.63) is 32.7 Å². The maximum absolute atomic E-state index is 4.61. The Morgan fingerprint density at radius 1 is 0.733 bits per heavy atom. The van der Waals surface area contributed by atoms with Gasteiger partial charge in [0.1, 0.15) is 0 Å². The molecule has 1 aliphatic heterocycles. The molecular formula is C23H39Br2N5. The lowest BCUT2D eigenvalue weighted by molar-refractivity contribution is 0.322. The Bertz CT molecular complexity index is 719. The maximum atomic E-state index is 4.61. The lowest BCUT2D eigenvalue weighted by Crippen LogP contribution is -2.21. The molecule has 1 saturated heterocycles. The third-order valence-electron chi connectivity index (χ3n) is 5.35. The van der Waals surface area contributed by atoms with Gasteiger partial charge in [0.25, 0.3) is 0 Å². The largest absolute Gasteiger partial charge is 0.303 e. The topological polar surface area (TPSA) is 38.9 Å². The van der Waals surface area contributed by atoms with E-state index in [0.29, 0.717) is 0 Å². The van der Waals surface area contributed by atoms with E-state index in [9.17, 15) is 0 Å². The van der Waals surface area contributed by atoms with Crippen LogP contribution in [0.5, 0.6) is 0 Å². The summed E-state index contributed by atoms with van der Waals surface area (Å²) in [7, 11) is 0. The molecule has 2 aromatic rings. The number of hydrogen-bond donors (Lipinski definition) is 0. The summed E-state index contributed by atoms with van der Waals surface area (Å²) in [5.41, 5.74) is 2.40. The number of halogens is 2. The van der Waals surface area contributed by atoms with Gasteiger partial charge >= 0.3 is 0 Å². The van der Waals surface area contributed by atoms with E-state index in [0.717, 1.165) is 43.2 Å². The summed E-state index contributed by atoms with van der Waals surface area (Å²) in [6.45, 7) is 12.5. The summed E-state index contributed by atoms with van der Waals surface area (Å²) in [5, 5.41) is 9.12. The standard InChI is InChI=1S/C13H22BrN3.C10H17BrN2/c1-2-6-13-12(14)11-17(15-13)10-5-9-16-7-3-4-8-16;1-3-5-7-13-8-9(11)10(12-13)6-4-2/h11H,2-10H2,1H3;8H,3-7H2,1-2H3. The molecule has 0 radical (unpaired) electrons. The van der Waals surface area contributed by atoms with Crippen molar-refractivity contribution in [2.24, 2.45) is 0 Å². The van der Waals surface area contributed by atoms with Gasteiger partial charge in [-0.1, -0.05) is 40.0 Å². The number of nitrogens with zero attached hydrogens (tertiary/aromatic N) is 5. The fraction of sp³-hybridized carbons (Fsp3) is 0.739. The Morgan fingerprint density at radius 2 is 1.23 bits per heavy atom. The number of aryl methyl sites for hydroxylation is 4. The number of unbranched alkanes of at least 4 members (excludes halogenated alkanes) is 1. The molecule has 0 unspecified atom stereocenters. The molecule has 30 heavy (non-hydrogen) atoms. The maximum Gasteiger partial charge on any atom is 0.0766 e. The van der Waals surface area contributed by atoms with Crippen molar-refractivity contribution >= 4 is 31.9 Å². The van der Waals surface area contributed by atoms with Crippen LogP contribution in [-0.4, -0.2) is 44.1 Å². The molecule has 0 atom stereocenters. The van der Waals surface area contributed by atoms with Crippen LogP contribution in [0.2, 0.25) is 0 Å². The second-order valence-corrected chi connectivity index (χ2v) is 9.84. The van der Waals surface area contributed by atoms with Gasteiger partial charge in [-0.05, 0) is 90.0 Å². The van der Waals surface area contributed by atoms with Crippen molar-refractivity contribution in [3.8, 4) is 0 Å². The number of rotatable bonds is 11. The average molecular weight is 545 g/mol. The lowest BCUT2D eigenvalue weighted by Gasteiger charge is -2.13. The molecule has 0 aromatic carbocycles. The molecule has 3 rings (SSSR count). The highest BCUT2D eigenvalue weighted by Gasteiger charge is 2.11. The third-order valence-corrected chi connectivity index (χ3v) is 6.67. The normalized spacial score (nSPS) is 14.2. The van der Waals surface area contributed by atoms with E-state index < -0.39 is 0 Å². The molecule has 0 saturated carbocycles. The van der Waals surface area contributed by atoms with E-state index in [1.807, 2.05) is 4.68 Å². The summed E-state index contributed by atoms with van der Waals surface area (Å²) < 4.78 is 6.45. The van der Waals surface area contributed by atoms with Gasteiger partial charge < -0.3 is 4.90 Å². The fourth-order valence-corrected chi connectivity index (χ4v) is 4.73. The van der Waals surface area contributed by atoms with Crippen LogP contribution < -0.4 is 0 Å². The van der Waals surface area contributed by atoms with Gasteiger partial charge in [-0.3, -0.25) is 9.36 Å². The van der Waals surface area contributed by atoms with Gasteiger partial charge in [0.2, 0.25) is 0 Å². The van der Waals surface area contributed by atoms with E-state index in [1.165, 1.54) is 67.6 Å². The van der Waals surface area contributed by atoms with Gasteiger partial charge in [-0.15, -0.1) is 0 Å². The van der Waals surface area contributed by atoms with Crippen molar-refractivity contribution in [2.75, 3.05) is 19.6 Å². The Morgan fingerprint density at radius 3 is 1.70 bits per heavy atom. The Labute approximate surface area is 199 Å². The van der Waals surface area contributed by atoms with Crippen LogP contribution in [0.1, 0.15) is 77.1 Å². The molecule has 5 nitrogen and oxygen atoms in total. The summed E-state index contributed by atoms with van der Waals surface area (Å²) in [6.07, 6.45) is 15.1. The minimum atomic E-state index is 1.04. The fourth-order valence-electron chi connectivity index (χ4n) is 3.70. The van der Waals surface area contributed by atoms with Gasteiger partial charge in [-0.2, -0.15) is 10.2 Å². The van der Waals surface area contributed by atoms with Crippen LogP contribution in [0, 0.1) is 0 Å². The van der Waals surface area contributed by atoms with Crippen molar-refractivity contribution in [1.29, 1.82) is 0 Å². The molecule has 2 aromatic heterocycles. The minimum absolute atomic E-state index is 1.04. The van der Waals surface area contributed by atoms with Gasteiger partial charge in [-0.25, -0.2) is 0 Å². The molecule has 1 fully saturated rings. The summed E-state index contributed by atoms with van der Waals surface area (Å²) in [5.74, 6) is 0. The van der Waals surface area contributed by atoms with Crippen LogP contribution in [0.3, 0.4) is 0 Å². The number of hydrogen-bond acceptors (Lipinski definition) is 3. The molecule has 3 heterocycles. The lowest BCUT2D eigenvalue weighted by atomic mass is 10.3. The highest BCUT2D eigenvalue weighted by atomic mass is 79.9. The first kappa shape index (κ1) is 25.6. The highest BCUT2D eigenvalue weighted by Crippen LogP contribution is 2.17. The Hall–Kier alpha value is -0.660. The second kappa shape index (κ2) is 14.4. The monoisotopic (exact) mass is 543 g/mol. The van der Waals surface area contributed by atoms with Crippen molar-refractivity contribution in [2.45, 2.75) is 91.6 Å². The zero-order chi connectivity index (χ0) is 21.8. The van der Waals surface area contributed by atoms with Gasteiger partial charge in [0, 0.05) is 25.5 Å². The van der Waals surface area contributed by atoms with Crippen molar-refractivity contribution in [3.63, 3.8) is 0 Å². The zero-order valence-corrected chi connectivity index (χ0v) is 22.2. The number of aromatic nitrogens is 4. The SMILES string of the molecule is CCCCn1cc(Br)c(CCC)n1.CCCc1nn(CCCN2CCCC2)cc1Br. The van der Waals surface area contributed by atoms with Crippen LogP contribution >= 0.6 is 31.9 Å². The first-order chi connectivity index (χ1) is 14.6. The molecule has 0 bridgehead atoms. The Balaban J connectivity index is 0.000000222. The average Bonchev–Trinajstić information content (AvgIpc) is 3.44. The molecule has 170 valence electrons. The molecule has 0 aliphatic carbocycles. The second-order valence-electron chi connectivity index (χ2n) is 8.13. The van der Waals surface area contributed by atoms with E-state index in [2.05, 4.69) is 84.8 Å². The predicted octanol–water partition coefficient (Wildman–Crippen LogP) is 6.48. The van der Waals surface area contributed by atoms with Crippen LogP contribution in [0.4, 0.5) is 0 Å². The quantitative estimate of drug-likeness (QED) is 0.325. The molecular weight excluding hydrogens is 506 g/mol. The molecule has 7 heteroatoms. The first-order valence-electron chi connectivity index (χ1n) is 11.7. The van der Waals surface area contributed by atoms with Crippen molar-refractivity contribution < 1.29 is 0 Å². The summed E-state index contributed by atoms with van der Waals surface area (Å²) in [4.78, 5) is 2.56. The Kier molecular flexibility index (Phi) is 12.3. The zero-order valence-electron chi connectivity index (χ0n) is 19.0. The summed E-state index contributed by atoms with van der Waals surface area (Å²) in [6, 6.07) is 0. The van der Waals surface area contributed by atoms with Crippen LogP contribution in [-0.2, 0) is 25.9 Å². The van der Waals surface area contributed by atoms with E-state index in [1.54, 1.807) is 0 Å². The molecule has 0 N–H and O–H groups in total. The summed E-state index contributed by atoms with van der Waals surface area (Å²) >= 11 is 7.11. The van der Waals surface area contributed by atoms with Crippen molar-refractivity contribution in [1.82, 2.24) is 24.5 Å². The molecule has 1 aliphatic rings. The number of likely N-dealkylation sites (tertiary alicyclic amines) is 1. The van der Waals surface area contributed by atoms with E-state index in [-0.39, 0.29) is 0 Å². The molecule has 0 spiro atoms. The third kappa shape index (κ3) is 8.83. The minimum Gasteiger partial charge on any atom is -0.303 e. The highest BCUT2D eigenvalue weighted by molar-refractivity contribution is 9.10.